The Morgan fingerprint density at radius 1 is 1.20 bits per heavy atom. The van der Waals surface area contributed by atoms with Crippen LogP contribution < -0.4 is 0 Å². The van der Waals surface area contributed by atoms with E-state index in [4.69, 9.17) is 23.2 Å². The number of nitriles is 1. The summed E-state index contributed by atoms with van der Waals surface area (Å²) in [7, 11) is 0. The molecule has 0 bridgehead atoms. The fourth-order valence-electron chi connectivity index (χ4n) is 1.77. The summed E-state index contributed by atoms with van der Waals surface area (Å²) in [5, 5.41) is 11.3. The third kappa shape index (κ3) is 3.27. The average Bonchev–Trinajstić information content (AvgIpc) is 2.44. The minimum atomic E-state index is 0.555. The van der Waals surface area contributed by atoms with Crippen molar-refractivity contribution in [3.05, 3.63) is 56.7 Å². The summed E-state index contributed by atoms with van der Waals surface area (Å²) in [6.07, 6.45) is 0. The molecule has 0 aliphatic heterocycles. The predicted octanol–water partition coefficient (Wildman–Crippen LogP) is 5.17. The Bertz CT molecular complexity index is 676. The van der Waals surface area contributed by atoms with E-state index in [1.165, 1.54) is 11.8 Å². The minimum absolute atomic E-state index is 0.555. The van der Waals surface area contributed by atoms with Gasteiger partial charge in [-0.25, -0.2) is 4.98 Å². The second kappa shape index (κ2) is 6.49. The third-order valence-corrected chi connectivity index (χ3v) is 4.76. The Morgan fingerprint density at radius 3 is 2.45 bits per heavy atom. The van der Waals surface area contributed by atoms with Gasteiger partial charge in [0, 0.05) is 10.8 Å². The Kier molecular flexibility index (Phi) is 4.93. The van der Waals surface area contributed by atoms with Crippen molar-refractivity contribution < 1.29 is 0 Å². The van der Waals surface area contributed by atoms with Crippen LogP contribution >= 0.6 is 35.0 Å². The van der Waals surface area contributed by atoms with E-state index in [9.17, 15) is 5.26 Å². The number of rotatable bonds is 3. The molecule has 0 aliphatic rings. The number of aromatic nitrogens is 1. The maximum Gasteiger partial charge on any atom is 0.115 e. The second-order valence-electron chi connectivity index (χ2n) is 4.34. The highest BCUT2D eigenvalue weighted by Gasteiger charge is 2.13. The Morgan fingerprint density at radius 2 is 1.85 bits per heavy atom. The average molecular weight is 323 g/mol. The van der Waals surface area contributed by atoms with Crippen molar-refractivity contribution in [2.75, 3.05) is 0 Å². The fraction of sp³-hybridized carbons (Fsp3) is 0.200. The number of hydrogen-bond donors (Lipinski definition) is 0. The topological polar surface area (TPSA) is 36.7 Å². The second-order valence-corrected chi connectivity index (χ2v) is 6.12. The van der Waals surface area contributed by atoms with Crippen molar-refractivity contribution in [2.45, 2.75) is 24.6 Å². The lowest BCUT2D eigenvalue weighted by molar-refractivity contribution is 1.03. The van der Waals surface area contributed by atoms with Crippen LogP contribution in [0.15, 0.2) is 29.3 Å². The predicted molar refractivity (Wildman–Crippen MR) is 84.4 cm³/mol. The lowest BCUT2D eigenvalue weighted by atomic mass is 10.1. The number of benzene rings is 1. The number of thioether (sulfide) groups is 1. The summed E-state index contributed by atoms with van der Waals surface area (Å²) in [5.41, 5.74) is 3.23. The number of hydrogen-bond acceptors (Lipinski definition) is 3. The van der Waals surface area contributed by atoms with E-state index in [1.807, 2.05) is 38.1 Å². The van der Waals surface area contributed by atoms with Gasteiger partial charge in [-0.2, -0.15) is 5.26 Å². The quantitative estimate of drug-likeness (QED) is 0.731. The van der Waals surface area contributed by atoms with Crippen LogP contribution in [-0.2, 0) is 5.75 Å². The summed E-state index contributed by atoms with van der Waals surface area (Å²) in [5.74, 6) is 0.735. The van der Waals surface area contributed by atoms with Crippen LogP contribution in [0.25, 0.3) is 0 Å². The van der Waals surface area contributed by atoms with Gasteiger partial charge in [0.1, 0.15) is 11.1 Å². The van der Waals surface area contributed by atoms with Crippen LogP contribution in [0.1, 0.15) is 22.4 Å². The van der Waals surface area contributed by atoms with Crippen molar-refractivity contribution >= 4 is 35.0 Å². The standard InChI is InChI=1S/C15H12Cl2N2S/c1-9-13(7-18)15(19-10(2)14(9)17)20-8-11-3-5-12(16)6-4-11/h3-6H,8H2,1-2H3. The first kappa shape index (κ1) is 15.2. The van der Waals surface area contributed by atoms with Crippen molar-refractivity contribution in [1.82, 2.24) is 4.98 Å². The van der Waals surface area contributed by atoms with Gasteiger partial charge in [-0.3, -0.25) is 0 Å². The third-order valence-electron chi connectivity index (χ3n) is 2.91. The Labute approximate surface area is 132 Å². The van der Waals surface area contributed by atoms with Gasteiger partial charge in [-0.05, 0) is 37.1 Å². The highest BCUT2D eigenvalue weighted by atomic mass is 35.5. The summed E-state index contributed by atoms with van der Waals surface area (Å²) in [4.78, 5) is 4.42. The Hall–Kier alpha value is -1.21. The zero-order chi connectivity index (χ0) is 14.7. The summed E-state index contributed by atoms with van der Waals surface area (Å²) >= 11 is 13.5. The molecule has 0 atom stereocenters. The first-order chi connectivity index (χ1) is 9.52. The van der Waals surface area contributed by atoms with Crippen LogP contribution in [-0.4, -0.2) is 4.98 Å². The first-order valence-corrected chi connectivity index (χ1v) is 7.71. The van der Waals surface area contributed by atoms with Crippen molar-refractivity contribution in [3.63, 3.8) is 0 Å². The van der Waals surface area contributed by atoms with Crippen LogP contribution in [0, 0.1) is 25.2 Å². The van der Waals surface area contributed by atoms with Crippen LogP contribution in [0.4, 0.5) is 0 Å². The maximum absolute atomic E-state index is 9.27. The molecule has 0 saturated carbocycles. The molecule has 0 aliphatic carbocycles. The number of aryl methyl sites for hydroxylation is 1. The van der Waals surface area contributed by atoms with Crippen LogP contribution in [0.2, 0.25) is 10.0 Å². The molecule has 1 aromatic heterocycles. The van der Waals surface area contributed by atoms with E-state index >= 15 is 0 Å². The van der Waals surface area contributed by atoms with E-state index < -0.39 is 0 Å². The zero-order valence-corrected chi connectivity index (χ0v) is 13.4. The first-order valence-electron chi connectivity index (χ1n) is 5.97. The molecule has 2 rings (SSSR count). The fourth-order valence-corrected chi connectivity index (χ4v) is 3.07. The van der Waals surface area contributed by atoms with Crippen LogP contribution in [0.5, 0.6) is 0 Å². The number of pyridine rings is 1. The van der Waals surface area contributed by atoms with Gasteiger partial charge in [0.05, 0.1) is 16.3 Å². The normalized spacial score (nSPS) is 10.3. The van der Waals surface area contributed by atoms with Gasteiger partial charge in [0.25, 0.3) is 0 Å². The molecule has 2 aromatic rings. The molecule has 20 heavy (non-hydrogen) atoms. The van der Waals surface area contributed by atoms with Crippen LogP contribution in [0.3, 0.4) is 0 Å². The molecule has 0 radical (unpaired) electrons. The Balaban J connectivity index is 2.26. The van der Waals surface area contributed by atoms with Gasteiger partial charge in [0.15, 0.2) is 0 Å². The van der Waals surface area contributed by atoms with Crippen molar-refractivity contribution in [2.24, 2.45) is 0 Å². The van der Waals surface area contributed by atoms with E-state index in [-0.39, 0.29) is 0 Å². The molecule has 0 amide bonds. The van der Waals surface area contributed by atoms with Crippen molar-refractivity contribution in [3.8, 4) is 6.07 Å². The van der Waals surface area contributed by atoms with E-state index in [1.54, 1.807) is 0 Å². The molecule has 0 saturated heterocycles. The molecule has 2 nitrogen and oxygen atoms in total. The zero-order valence-electron chi connectivity index (χ0n) is 11.1. The summed E-state index contributed by atoms with van der Waals surface area (Å²) in [6, 6.07) is 9.84. The highest BCUT2D eigenvalue weighted by molar-refractivity contribution is 7.98. The highest BCUT2D eigenvalue weighted by Crippen LogP contribution is 2.31. The van der Waals surface area contributed by atoms with E-state index in [2.05, 4.69) is 11.1 Å². The molecule has 5 heteroatoms. The molecule has 0 fully saturated rings. The summed E-state index contributed by atoms with van der Waals surface area (Å²) < 4.78 is 0. The number of nitrogens with zero attached hydrogens (tertiary/aromatic N) is 2. The molecule has 1 heterocycles. The van der Waals surface area contributed by atoms with Gasteiger partial charge in [-0.1, -0.05) is 35.3 Å². The van der Waals surface area contributed by atoms with Gasteiger partial charge in [-0.15, -0.1) is 11.8 Å². The van der Waals surface area contributed by atoms with Gasteiger partial charge >= 0.3 is 0 Å². The molecule has 1 aromatic carbocycles. The SMILES string of the molecule is Cc1nc(SCc2ccc(Cl)cc2)c(C#N)c(C)c1Cl. The lowest BCUT2D eigenvalue weighted by Crippen LogP contribution is -1.97. The molecular formula is C15H12Cl2N2S. The van der Waals surface area contributed by atoms with Crippen molar-refractivity contribution in [1.29, 1.82) is 5.26 Å². The maximum atomic E-state index is 9.27. The molecule has 0 N–H and O–H groups in total. The monoisotopic (exact) mass is 322 g/mol. The van der Waals surface area contributed by atoms with E-state index in [0.29, 0.717) is 15.6 Å². The smallest absolute Gasteiger partial charge is 0.115 e. The lowest BCUT2D eigenvalue weighted by Gasteiger charge is -2.09. The van der Waals surface area contributed by atoms with Gasteiger partial charge < -0.3 is 0 Å². The largest absolute Gasteiger partial charge is 0.244 e. The summed E-state index contributed by atoms with van der Waals surface area (Å²) in [6.45, 7) is 3.70. The molecule has 0 spiro atoms. The number of halogens is 2. The van der Waals surface area contributed by atoms with Gasteiger partial charge in [0.2, 0.25) is 0 Å². The molecule has 0 unspecified atom stereocenters. The molecular weight excluding hydrogens is 311 g/mol. The molecule has 102 valence electrons. The van der Waals surface area contributed by atoms with E-state index in [0.717, 1.165) is 27.6 Å². The minimum Gasteiger partial charge on any atom is -0.244 e.